The molecule has 0 aromatic carbocycles. The number of amides is 1. The maximum absolute atomic E-state index is 12.1. The topological polar surface area (TPSA) is 50.2 Å². The molecule has 0 saturated carbocycles. The van der Waals surface area contributed by atoms with Crippen LogP contribution in [0.1, 0.15) is 6.42 Å². The molecule has 0 spiro atoms. The third kappa shape index (κ3) is 5.22. The van der Waals surface area contributed by atoms with E-state index in [1.807, 2.05) is 25.0 Å². The van der Waals surface area contributed by atoms with Gasteiger partial charge in [0.1, 0.15) is 0 Å². The van der Waals surface area contributed by atoms with Crippen LogP contribution in [0, 0.1) is 0 Å². The zero-order valence-electron chi connectivity index (χ0n) is 11.0. The summed E-state index contributed by atoms with van der Waals surface area (Å²) in [5.41, 5.74) is 0.848. The van der Waals surface area contributed by atoms with E-state index in [1.165, 1.54) is 0 Å². The largest absolute Gasteiger partial charge is 0.313 e. The van der Waals surface area contributed by atoms with Crippen molar-refractivity contribution in [2.24, 2.45) is 7.05 Å². The van der Waals surface area contributed by atoms with Crippen LogP contribution < -0.4 is 10.2 Å². The van der Waals surface area contributed by atoms with Crippen LogP contribution in [0.15, 0.2) is 12.4 Å². The Kier molecular flexibility index (Phi) is 8.49. The summed E-state index contributed by atoms with van der Waals surface area (Å²) in [5.74, 6) is 2.30. The van der Waals surface area contributed by atoms with Gasteiger partial charge in [-0.05, 0) is 0 Å². The Morgan fingerprint density at radius 3 is 2.89 bits per heavy atom. The monoisotopic (exact) mass is 326 g/mol. The second-order valence-corrected chi connectivity index (χ2v) is 5.40. The van der Waals surface area contributed by atoms with Gasteiger partial charge in [0.25, 0.3) is 0 Å². The van der Waals surface area contributed by atoms with Crippen molar-refractivity contribution in [1.29, 1.82) is 0 Å². The van der Waals surface area contributed by atoms with Crippen molar-refractivity contribution in [3.05, 3.63) is 12.4 Å². The van der Waals surface area contributed by atoms with Gasteiger partial charge in [0.2, 0.25) is 5.91 Å². The Bertz CT molecular complexity index is 396. The van der Waals surface area contributed by atoms with Crippen LogP contribution in [-0.2, 0) is 11.8 Å². The number of hydrogen-bond acceptors (Lipinski definition) is 4. The Labute approximate surface area is 130 Å². The molecule has 2 rings (SSSR count). The number of anilines is 1. The molecule has 0 bridgehead atoms. The van der Waals surface area contributed by atoms with Crippen molar-refractivity contribution in [2.45, 2.75) is 12.5 Å². The minimum atomic E-state index is 0. The predicted molar refractivity (Wildman–Crippen MR) is 84.8 cm³/mol. The van der Waals surface area contributed by atoms with Gasteiger partial charge in [-0.25, -0.2) is 0 Å². The first-order chi connectivity index (χ1) is 8.16. The van der Waals surface area contributed by atoms with Crippen molar-refractivity contribution < 1.29 is 4.79 Å². The van der Waals surface area contributed by atoms with E-state index in [2.05, 4.69) is 10.4 Å². The summed E-state index contributed by atoms with van der Waals surface area (Å²) >= 11 is 1.91. The molecule has 110 valence electrons. The van der Waals surface area contributed by atoms with Crippen molar-refractivity contribution in [3.63, 3.8) is 0 Å². The van der Waals surface area contributed by atoms with E-state index < -0.39 is 0 Å². The fourth-order valence-corrected chi connectivity index (χ4v) is 2.77. The summed E-state index contributed by atoms with van der Waals surface area (Å²) in [5, 5.41) is 7.44. The lowest BCUT2D eigenvalue weighted by Crippen LogP contribution is -2.41. The van der Waals surface area contributed by atoms with Gasteiger partial charge in [-0.15, -0.1) is 24.8 Å². The molecule has 2 heterocycles. The number of carbonyl (C=O) groups excluding carboxylic acids is 1. The summed E-state index contributed by atoms with van der Waals surface area (Å²) in [6.45, 7) is 0.999. The van der Waals surface area contributed by atoms with Crippen molar-refractivity contribution in [2.75, 3.05) is 30.0 Å². The van der Waals surface area contributed by atoms with Gasteiger partial charge in [0.05, 0.1) is 11.9 Å². The number of rotatable bonds is 3. The van der Waals surface area contributed by atoms with Crippen molar-refractivity contribution in [3.8, 4) is 0 Å². The lowest BCUT2D eigenvalue weighted by Gasteiger charge is -2.24. The van der Waals surface area contributed by atoms with E-state index >= 15 is 0 Å². The molecule has 0 aliphatic carbocycles. The number of nitrogens with one attached hydrogen (secondary N) is 1. The van der Waals surface area contributed by atoms with Gasteiger partial charge in [-0.3, -0.25) is 9.48 Å². The smallest absolute Gasteiger partial charge is 0.228 e. The Hall–Kier alpha value is -0.430. The maximum Gasteiger partial charge on any atom is 0.228 e. The molecule has 0 radical (unpaired) electrons. The van der Waals surface area contributed by atoms with E-state index in [4.69, 9.17) is 0 Å². The lowest BCUT2D eigenvalue weighted by molar-refractivity contribution is -0.118. The zero-order chi connectivity index (χ0) is 12.3. The summed E-state index contributed by atoms with van der Waals surface area (Å²) in [4.78, 5) is 13.7. The number of carbonyl (C=O) groups is 1. The van der Waals surface area contributed by atoms with Crippen LogP contribution in [0.5, 0.6) is 0 Å². The van der Waals surface area contributed by atoms with Gasteiger partial charge in [0.15, 0.2) is 0 Å². The minimum absolute atomic E-state index is 0. The molecule has 1 saturated heterocycles. The second-order valence-electron chi connectivity index (χ2n) is 4.26. The molecule has 1 aliphatic rings. The first-order valence-corrected chi connectivity index (χ1v) is 6.88. The highest BCUT2D eigenvalue weighted by Crippen LogP contribution is 2.15. The first-order valence-electron chi connectivity index (χ1n) is 5.73. The molecule has 1 aromatic heterocycles. The summed E-state index contributed by atoms with van der Waals surface area (Å²) in [6, 6.07) is 0.306. The molecule has 1 N–H and O–H groups in total. The minimum Gasteiger partial charge on any atom is -0.313 e. The standard InChI is InChI=1S/C11H18N4OS.2ClH/c1-14-7-10(6-13-14)15(2)11(16)5-9-8-17-4-3-12-9;;/h6-7,9,12H,3-5,8H2,1-2H3;2*1H. The van der Waals surface area contributed by atoms with Crippen LogP contribution in [0.25, 0.3) is 0 Å². The molecule has 5 nitrogen and oxygen atoms in total. The number of aromatic nitrogens is 2. The SMILES string of the molecule is CN(C(=O)CC1CSCCN1)c1cnn(C)c1.Cl.Cl. The van der Waals surface area contributed by atoms with Crippen LogP contribution in [0.3, 0.4) is 0 Å². The maximum atomic E-state index is 12.1. The third-order valence-corrected chi connectivity index (χ3v) is 4.00. The molecule has 1 aliphatic heterocycles. The molecule has 1 unspecified atom stereocenters. The third-order valence-electron chi connectivity index (χ3n) is 2.87. The quantitative estimate of drug-likeness (QED) is 0.910. The molecule has 1 atom stereocenters. The molecule has 1 aromatic rings. The predicted octanol–water partition coefficient (Wildman–Crippen LogP) is 1.32. The van der Waals surface area contributed by atoms with E-state index in [1.54, 1.807) is 22.8 Å². The second kappa shape index (κ2) is 8.68. The van der Waals surface area contributed by atoms with Crippen LogP contribution in [-0.4, -0.2) is 46.8 Å². The van der Waals surface area contributed by atoms with Gasteiger partial charge < -0.3 is 10.2 Å². The van der Waals surface area contributed by atoms with E-state index in [0.717, 1.165) is 23.7 Å². The lowest BCUT2D eigenvalue weighted by atomic mass is 10.2. The van der Waals surface area contributed by atoms with Crippen LogP contribution in [0.4, 0.5) is 5.69 Å². The fraction of sp³-hybridized carbons (Fsp3) is 0.636. The summed E-state index contributed by atoms with van der Waals surface area (Å²) in [6.07, 6.45) is 4.11. The number of hydrogen-bond donors (Lipinski definition) is 1. The highest BCUT2D eigenvalue weighted by Gasteiger charge is 2.20. The summed E-state index contributed by atoms with van der Waals surface area (Å²) < 4.78 is 1.70. The number of aryl methyl sites for hydroxylation is 1. The van der Waals surface area contributed by atoms with Gasteiger partial charge >= 0.3 is 0 Å². The normalized spacial score (nSPS) is 18.1. The molecule has 8 heteroatoms. The Morgan fingerprint density at radius 1 is 1.63 bits per heavy atom. The van der Waals surface area contributed by atoms with Gasteiger partial charge in [-0.1, -0.05) is 0 Å². The average Bonchev–Trinajstić information content (AvgIpc) is 2.76. The number of halogens is 2. The van der Waals surface area contributed by atoms with E-state index in [9.17, 15) is 4.79 Å². The van der Waals surface area contributed by atoms with Crippen LogP contribution >= 0.6 is 36.6 Å². The Morgan fingerprint density at radius 2 is 2.37 bits per heavy atom. The van der Waals surface area contributed by atoms with E-state index in [0.29, 0.717) is 12.5 Å². The Balaban J connectivity index is 0.00000162. The molecule has 19 heavy (non-hydrogen) atoms. The molecular formula is C11H20Cl2N4OS. The van der Waals surface area contributed by atoms with Crippen molar-refractivity contribution in [1.82, 2.24) is 15.1 Å². The molecule has 1 fully saturated rings. The number of thioether (sulfide) groups is 1. The molecule has 1 amide bonds. The van der Waals surface area contributed by atoms with Gasteiger partial charge in [-0.2, -0.15) is 16.9 Å². The zero-order valence-corrected chi connectivity index (χ0v) is 13.5. The van der Waals surface area contributed by atoms with Gasteiger partial charge in [0, 0.05) is 50.8 Å². The van der Waals surface area contributed by atoms with Crippen molar-refractivity contribution >= 4 is 48.2 Å². The fourth-order valence-electron chi connectivity index (χ4n) is 1.82. The number of nitrogens with zero attached hydrogens (tertiary/aromatic N) is 3. The molecular weight excluding hydrogens is 307 g/mol. The van der Waals surface area contributed by atoms with E-state index in [-0.39, 0.29) is 30.7 Å². The average molecular weight is 327 g/mol. The van der Waals surface area contributed by atoms with Crippen LogP contribution in [0.2, 0.25) is 0 Å². The highest BCUT2D eigenvalue weighted by molar-refractivity contribution is 7.99. The first kappa shape index (κ1) is 18.6. The highest BCUT2D eigenvalue weighted by atomic mass is 35.5. The summed E-state index contributed by atoms with van der Waals surface area (Å²) in [7, 11) is 3.65.